The summed E-state index contributed by atoms with van der Waals surface area (Å²) >= 11 is 17.6. The molecule has 2 nitrogen and oxygen atoms in total. The monoisotopic (exact) mass is 313 g/mol. The molecule has 0 aromatic heterocycles. The summed E-state index contributed by atoms with van der Waals surface area (Å²) < 4.78 is 0. The SMILES string of the molecule is O=C(Cc1ccc(Cl)cc1)Nc1cc(Cl)ccc1Cl. The minimum atomic E-state index is -0.161. The molecule has 0 aliphatic rings. The van der Waals surface area contributed by atoms with Crippen molar-refractivity contribution >= 4 is 46.4 Å². The summed E-state index contributed by atoms with van der Waals surface area (Å²) in [5.41, 5.74) is 1.38. The molecule has 0 spiro atoms. The van der Waals surface area contributed by atoms with E-state index in [1.165, 1.54) is 0 Å². The normalized spacial score (nSPS) is 10.3. The second kappa shape index (κ2) is 6.29. The molecule has 1 amide bonds. The standard InChI is InChI=1S/C14H10Cl3NO/c15-10-3-1-9(2-4-10)7-14(19)18-13-8-11(16)5-6-12(13)17/h1-6,8H,7H2,(H,18,19). The van der Waals surface area contributed by atoms with E-state index in [0.717, 1.165) is 5.56 Å². The zero-order valence-electron chi connectivity index (χ0n) is 9.79. The van der Waals surface area contributed by atoms with Gasteiger partial charge >= 0.3 is 0 Å². The van der Waals surface area contributed by atoms with Crippen LogP contribution in [0.25, 0.3) is 0 Å². The van der Waals surface area contributed by atoms with Gasteiger partial charge in [0.15, 0.2) is 0 Å². The summed E-state index contributed by atoms with van der Waals surface area (Å²) in [6.45, 7) is 0. The first-order chi connectivity index (χ1) is 9.04. The molecular formula is C14H10Cl3NO. The molecule has 2 aromatic carbocycles. The van der Waals surface area contributed by atoms with Gasteiger partial charge in [-0.1, -0.05) is 46.9 Å². The molecule has 0 aliphatic heterocycles. The van der Waals surface area contributed by atoms with Crippen LogP contribution in [0.1, 0.15) is 5.56 Å². The smallest absolute Gasteiger partial charge is 0.228 e. The van der Waals surface area contributed by atoms with Gasteiger partial charge in [0.25, 0.3) is 0 Å². The molecule has 0 aliphatic carbocycles. The fourth-order valence-corrected chi connectivity index (χ4v) is 2.04. The highest BCUT2D eigenvalue weighted by Crippen LogP contribution is 2.25. The predicted octanol–water partition coefficient (Wildman–Crippen LogP) is 4.83. The molecule has 0 heterocycles. The Morgan fingerprint density at radius 2 is 1.58 bits per heavy atom. The quantitative estimate of drug-likeness (QED) is 0.864. The molecule has 1 N–H and O–H groups in total. The molecule has 5 heteroatoms. The number of carbonyl (C=O) groups is 1. The van der Waals surface area contributed by atoms with Crippen LogP contribution in [0.2, 0.25) is 15.1 Å². The molecule has 0 radical (unpaired) electrons. The van der Waals surface area contributed by atoms with Crippen molar-refractivity contribution in [1.29, 1.82) is 0 Å². The number of nitrogens with one attached hydrogen (secondary N) is 1. The molecule has 0 unspecified atom stereocenters. The first-order valence-corrected chi connectivity index (χ1v) is 6.67. The van der Waals surface area contributed by atoms with Gasteiger partial charge in [-0.25, -0.2) is 0 Å². The fourth-order valence-electron chi connectivity index (χ4n) is 1.58. The molecule has 0 saturated carbocycles. The van der Waals surface area contributed by atoms with E-state index in [9.17, 15) is 4.79 Å². The molecule has 0 atom stereocenters. The molecule has 2 rings (SSSR count). The van der Waals surface area contributed by atoms with Crippen molar-refractivity contribution in [1.82, 2.24) is 0 Å². The van der Waals surface area contributed by atoms with Gasteiger partial charge in [0.1, 0.15) is 0 Å². The first-order valence-electron chi connectivity index (χ1n) is 5.54. The fraction of sp³-hybridized carbons (Fsp3) is 0.0714. The van der Waals surface area contributed by atoms with Crippen LogP contribution < -0.4 is 5.32 Å². The Morgan fingerprint density at radius 3 is 2.26 bits per heavy atom. The summed E-state index contributed by atoms with van der Waals surface area (Å²) in [6.07, 6.45) is 0.250. The van der Waals surface area contributed by atoms with E-state index in [1.807, 2.05) is 12.1 Å². The Labute approximate surface area is 126 Å². The van der Waals surface area contributed by atoms with Crippen molar-refractivity contribution in [3.63, 3.8) is 0 Å². The number of anilines is 1. The van der Waals surface area contributed by atoms with Gasteiger partial charge in [0.2, 0.25) is 5.91 Å². The van der Waals surface area contributed by atoms with Gasteiger partial charge in [-0.05, 0) is 35.9 Å². The lowest BCUT2D eigenvalue weighted by Gasteiger charge is -2.07. The van der Waals surface area contributed by atoms with E-state index >= 15 is 0 Å². The molecule has 98 valence electrons. The van der Waals surface area contributed by atoms with Gasteiger partial charge in [-0.2, -0.15) is 0 Å². The van der Waals surface area contributed by atoms with Crippen molar-refractivity contribution in [3.05, 3.63) is 63.1 Å². The van der Waals surface area contributed by atoms with Crippen molar-refractivity contribution in [2.24, 2.45) is 0 Å². The lowest BCUT2D eigenvalue weighted by molar-refractivity contribution is -0.115. The van der Waals surface area contributed by atoms with Crippen molar-refractivity contribution in [2.75, 3.05) is 5.32 Å². The van der Waals surface area contributed by atoms with E-state index < -0.39 is 0 Å². The van der Waals surface area contributed by atoms with E-state index in [1.54, 1.807) is 30.3 Å². The Kier molecular flexibility index (Phi) is 4.70. The Bertz CT molecular complexity index is 596. The van der Waals surface area contributed by atoms with Crippen LogP contribution in [0.5, 0.6) is 0 Å². The van der Waals surface area contributed by atoms with E-state index in [-0.39, 0.29) is 12.3 Å². The van der Waals surface area contributed by atoms with Crippen LogP contribution in [0.3, 0.4) is 0 Å². The summed E-state index contributed by atoms with van der Waals surface area (Å²) in [5, 5.41) is 4.34. The van der Waals surface area contributed by atoms with Crippen molar-refractivity contribution < 1.29 is 4.79 Å². The van der Waals surface area contributed by atoms with E-state index in [4.69, 9.17) is 34.8 Å². The maximum atomic E-state index is 11.9. The Balaban J connectivity index is 2.05. The van der Waals surface area contributed by atoms with Crippen LogP contribution in [0.15, 0.2) is 42.5 Å². The maximum Gasteiger partial charge on any atom is 0.228 e. The molecular weight excluding hydrogens is 305 g/mol. The van der Waals surface area contributed by atoms with Gasteiger partial charge in [-0.3, -0.25) is 4.79 Å². The average molecular weight is 315 g/mol. The zero-order chi connectivity index (χ0) is 13.8. The topological polar surface area (TPSA) is 29.1 Å². The third-order valence-corrected chi connectivity index (χ3v) is 3.30. The maximum absolute atomic E-state index is 11.9. The van der Waals surface area contributed by atoms with Crippen LogP contribution in [-0.4, -0.2) is 5.91 Å². The average Bonchev–Trinajstić information content (AvgIpc) is 2.37. The van der Waals surface area contributed by atoms with Crippen molar-refractivity contribution in [2.45, 2.75) is 6.42 Å². The molecule has 0 saturated heterocycles. The van der Waals surface area contributed by atoms with Crippen LogP contribution in [-0.2, 0) is 11.2 Å². The third-order valence-electron chi connectivity index (χ3n) is 2.48. The third kappa shape index (κ3) is 4.13. The van der Waals surface area contributed by atoms with E-state index in [2.05, 4.69) is 5.32 Å². The Hall–Kier alpha value is -1.22. The summed E-state index contributed by atoms with van der Waals surface area (Å²) in [4.78, 5) is 11.9. The van der Waals surface area contributed by atoms with Crippen LogP contribution in [0, 0.1) is 0 Å². The lowest BCUT2D eigenvalue weighted by Crippen LogP contribution is -2.14. The van der Waals surface area contributed by atoms with Gasteiger partial charge in [0.05, 0.1) is 17.1 Å². The second-order valence-corrected chi connectivity index (χ2v) is 5.26. The summed E-state index contributed by atoms with van der Waals surface area (Å²) in [6, 6.07) is 12.0. The largest absolute Gasteiger partial charge is 0.324 e. The number of hydrogen-bond donors (Lipinski definition) is 1. The molecule has 19 heavy (non-hydrogen) atoms. The minimum Gasteiger partial charge on any atom is -0.324 e. The number of rotatable bonds is 3. The van der Waals surface area contributed by atoms with Crippen LogP contribution >= 0.6 is 34.8 Å². The molecule has 0 fully saturated rings. The van der Waals surface area contributed by atoms with Crippen molar-refractivity contribution in [3.8, 4) is 0 Å². The number of hydrogen-bond acceptors (Lipinski definition) is 1. The van der Waals surface area contributed by atoms with Gasteiger partial charge < -0.3 is 5.32 Å². The van der Waals surface area contributed by atoms with Gasteiger partial charge in [0, 0.05) is 10.0 Å². The number of halogens is 3. The zero-order valence-corrected chi connectivity index (χ0v) is 12.1. The number of amides is 1. The Morgan fingerprint density at radius 1 is 0.947 bits per heavy atom. The number of carbonyl (C=O) groups excluding carboxylic acids is 1. The summed E-state index contributed by atoms with van der Waals surface area (Å²) in [7, 11) is 0. The second-order valence-electron chi connectivity index (χ2n) is 3.98. The van der Waals surface area contributed by atoms with Crippen LogP contribution in [0.4, 0.5) is 5.69 Å². The highest BCUT2D eigenvalue weighted by atomic mass is 35.5. The minimum absolute atomic E-state index is 0.161. The molecule has 0 bridgehead atoms. The summed E-state index contributed by atoms with van der Waals surface area (Å²) in [5.74, 6) is -0.161. The highest BCUT2D eigenvalue weighted by molar-refractivity contribution is 6.35. The number of benzene rings is 2. The van der Waals surface area contributed by atoms with E-state index in [0.29, 0.717) is 20.8 Å². The highest BCUT2D eigenvalue weighted by Gasteiger charge is 2.07. The lowest BCUT2D eigenvalue weighted by atomic mass is 10.1. The van der Waals surface area contributed by atoms with Gasteiger partial charge in [-0.15, -0.1) is 0 Å². The molecule has 2 aromatic rings. The first kappa shape index (κ1) is 14.2. The predicted molar refractivity (Wildman–Crippen MR) is 80.2 cm³/mol.